The molecule has 0 aliphatic heterocycles. The molecule has 0 bridgehead atoms. The zero-order valence-electron chi connectivity index (χ0n) is 7.07. The first-order valence-corrected chi connectivity index (χ1v) is 3.65. The van der Waals surface area contributed by atoms with Gasteiger partial charge in [0.05, 0.1) is 6.92 Å². The smallest absolute Gasteiger partial charge is 0.288 e. The first-order valence-electron chi connectivity index (χ1n) is 3.65. The lowest BCUT2D eigenvalue weighted by Crippen LogP contribution is -2.45. The van der Waals surface area contributed by atoms with Crippen molar-refractivity contribution in [1.82, 2.24) is 0 Å². The Morgan fingerprint density at radius 3 is 2.33 bits per heavy atom. The van der Waals surface area contributed by atoms with Crippen LogP contribution in [0.25, 0.3) is 0 Å². The highest BCUT2D eigenvalue weighted by atomic mass is 16.2. The Bertz CT molecular complexity index is 298. The van der Waals surface area contributed by atoms with Crippen LogP contribution in [0.4, 0.5) is 0 Å². The molecule has 0 amide bonds. The Labute approximate surface area is 70.6 Å². The summed E-state index contributed by atoms with van der Waals surface area (Å²) in [6.07, 6.45) is 1.58. The first-order chi connectivity index (χ1) is 5.63. The van der Waals surface area contributed by atoms with E-state index in [1.165, 1.54) is 18.4 Å². The van der Waals surface area contributed by atoms with Crippen molar-refractivity contribution in [1.29, 1.82) is 0 Å². The van der Waals surface area contributed by atoms with Crippen LogP contribution >= 0.6 is 0 Å². The van der Waals surface area contributed by atoms with Crippen LogP contribution in [-0.4, -0.2) is 11.7 Å². The number of carbonyl (C=O) groups excluding carboxylic acids is 2. The lowest BCUT2D eigenvalue weighted by Gasteiger charge is -1.93. The van der Waals surface area contributed by atoms with Gasteiger partial charge in [0.2, 0.25) is 5.78 Å². The van der Waals surface area contributed by atoms with Gasteiger partial charge >= 0.3 is 5.91 Å². The summed E-state index contributed by atoms with van der Waals surface area (Å²) < 4.78 is 1.34. The summed E-state index contributed by atoms with van der Waals surface area (Å²) in [5.41, 5.74) is 0.421. The van der Waals surface area contributed by atoms with Gasteiger partial charge in [-0.3, -0.25) is 4.79 Å². The molecule has 12 heavy (non-hydrogen) atoms. The predicted molar refractivity (Wildman–Crippen MR) is 42.9 cm³/mol. The van der Waals surface area contributed by atoms with Crippen LogP contribution in [0.2, 0.25) is 0 Å². The molecule has 0 saturated carbocycles. The predicted octanol–water partition coefficient (Wildman–Crippen LogP) is 0.837. The van der Waals surface area contributed by atoms with Crippen LogP contribution in [0.1, 0.15) is 29.1 Å². The monoisotopic (exact) mass is 164 g/mol. The second-order valence-corrected chi connectivity index (χ2v) is 2.53. The van der Waals surface area contributed by atoms with Crippen molar-refractivity contribution >= 4 is 11.7 Å². The SMILES string of the molecule is CC(=O)c1cccc[n+]1C(C)=O. The lowest BCUT2D eigenvalue weighted by molar-refractivity contribution is -0.575. The zero-order valence-corrected chi connectivity index (χ0v) is 7.07. The minimum Gasteiger partial charge on any atom is -0.288 e. The van der Waals surface area contributed by atoms with E-state index in [0.29, 0.717) is 5.69 Å². The van der Waals surface area contributed by atoms with Crippen molar-refractivity contribution in [3.63, 3.8) is 0 Å². The number of aromatic nitrogens is 1. The molecule has 62 valence electrons. The summed E-state index contributed by atoms with van der Waals surface area (Å²) >= 11 is 0. The second kappa shape index (κ2) is 3.26. The zero-order chi connectivity index (χ0) is 9.14. The Balaban J connectivity index is 3.27. The number of rotatable bonds is 1. The van der Waals surface area contributed by atoms with Gasteiger partial charge in [-0.1, -0.05) is 0 Å². The number of hydrogen-bond acceptors (Lipinski definition) is 2. The fraction of sp³-hybridized carbons (Fsp3) is 0.222. The van der Waals surface area contributed by atoms with Crippen molar-refractivity contribution in [3.8, 4) is 0 Å². The van der Waals surface area contributed by atoms with Gasteiger partial charge in [0.25, 0.3) is 5.69 Å². The normalized spacial score (nSPS) is 9.50. The Kier molecular flexibility index (Phi) is 2.33. The molecule has 1 rings (SSSR count). The lowest BCUT2D eigenvalue weighted by atomic mass is 10.2. The number of pyridine rings is 1. The van der Waals surface area contributed by atoms with Gasteiger partial charge in [-0.25, -0.2) is 4.79 Å². The number of ketones is 1. The van der Waals surface area contributed by atoms with Gasteiger partial charge in [0, 0.05) is 19.1 Å². The molecule has 0 aliphatic carbocycles. The van der Waals surface area contributed by atoms with E-state index < -0.39 is 0 Å². The summed E-state index contributed by atoms with van der Waals surface area (Å²) in [5.74, 6) is -0.258. The van der Waals surface area contributed by atoms with Gasteiger partial charge in [-0.05, 0) is 6.07 Å². The van der Waals surface area contributed by atoms with E-state index in [9.17, 15) is 9.59 Å². The van der Waals surface area contributed by atoms with Crippen LogP contribution in [0.15, 0.2) is 24.4 Å². The van der Waals surface area contributed by atoms with E-state index in [2.05, 4.69) is 0 Å². The third kappa shape index (κ3) is 1.56. The van der Waals surface area contributed by atoms with E-state index in [4.69, 9.17) is 0 Å². The first kappa shape index (κ1) is 8.59. The third-order valence-corrected chi connectivity index (χ3v) is 1.56. The molecule has 0 N–H and O–H groups in total. The van der Waals surface area contributed by atoms with Crippen molar-refractivity contribution in [3.05, 3.63) is 30.1 Å². The molecule has 0 aromatic carbocycles. The summed E-state index contributed by atoms with van der Waals surface area (Å²) in [6, 6.07) is 5.08. The molecule has 3 heteroatoms. The van der Waals surface area contributed by atoms with Crippen molar-refractivity contribution < 1.29 is 14.2 Å². The highest BCUT2D eigenvalue weighted by Gasteiger charge is 2.17. The molecule has 1 aromatic heterocycles. The Morgan fingerprint density at radius 2 is 1.92 bits per heavy atom. The highest BCUT2D eigenvalue weighted by molar-refractivity contribution is 5.91. The van der Waals surface area contributed by atoms with Crippen molar-refractivity contribution in [2.24, 2.45) is 0 Å². The van der Waals surface area contributed by atoms with E-state index in [0.717, 1.165) is 0 Å². The number of nitrogens with zero attached hydrogens (tertiary/aromatic N) is 1. The van der Waals surface area contributed by atoms with Crippen LogP contribution in [-0.2, 0) is 0 Å². The molecule has 0 spiro atoms. The third-order valence-electron chi connectivity index (χ3n) is 1.56. The molecule has 0 aliphatic rings. The molecule has 1 heterocycles. The van der Waals surface area contributed by atoms with E-state index in [1.807, 2.05) is 0 Å². The molecule has 0 unspecified atom stereocenters. The largest absolute Gasteiger partial charge is 0.389 e. The average Bonchev–Trinajstić information content (AvgIpc) is 2.04. The summed E-state index contributed by atoms with van der Waals surface area (Å²) in [4.78, 5) is 22.0. The average molecular weight is 164 g/mol. The number of carbonyl (C=O) groups is 2. The van der Waals surface area contributed by atoms with Crippen molar-refractivity contribution in [2.45, 2.75) is 13.8 Å². The minimum atomic E-state index is -0.152. The van der Waals surface area contributed by atoms with Crippen LogP contribution in [0.5, 0.6) is 0 Å². The molecule has 0 saturated heterocycles. The van der Waals surface area contributed by atoms with Gasteiger partial charge in [-0.2, -0.15) is 0 Å². The maximum absolute atomic E-state index is 11.0. The van der Waals surface area contributed by atoms with E-state index in [1.54, 1.807) is 24.4 Å². The summed E-state index contributed by atoms with van der Waals surface area (Å²) in [6.45, 7) is 2.86. The number of hydrogen-bond donors (Lipinski definition) is 0. The van der Waals surface area contributed by atoms with Crippen LogP contribution in [0, 0.1) is 0 Å². The fourth-order valence-corrected chi connectivity index (χ4v) is 1.00. The second-order valence-electron chi connectivity index (χ2n) is 2.53. The van der Waals surface area contributed by atoms with Gasteiger partial charge in [-0.15, -0.1) is 4.57 Å². The molecule has 0 atom stereocenters. The Morgan fingerprint density at radius 1 is 1.25 bits per heavy atom. The Hall–Kier alpha value is -1.51. The van der Waals surface area contributed by atoms with Crippen LogP contribution < -0.4 is 4.57 Å². The summed E-state index contributed by atoms with van der Waals surface area (Å²) in [5, 5.41) is 0. The van der Waals surface area contributed by atoms with Crippen molar-refractivity contribution in [2.75, 3.05) is 0 Å². The maximum Gasteiger partial charge on any atom is 0.389 e. The maximum atomic E-state index is 11.0. The molecule has 0 radical (unpaired) electrons. The van der Waals surface area contributed by atoms with Gasteiger partial charge in [0.15, 0.2) is 6.20 Å². The van der Waals surface area contributed by atoms with Gasteiger partial charge in [0.1, 0.15) is 0 Å². The standard InChI is InChI=1S/C9H10NO2/c1-7(11)9-5-3-4-6-10(9)8(2)12/h3-6H,1-2H3/q+1. The quantitative estimate of drug-likeness (QED) is 0.455. The minimum absolute atomic E-state index is 0.106. The molecule has 1 aromatic rings. The van der Waals surface area contributed by atoms with E-state index in [-0.39, 0.29) is 11.7 Å². The highest BCUT2D eigenvalue weighted by Crippen LogP contribution is 1.92. The molecule has 0 fully saturated rings. The van der Waals surface area contributed by atoms with E-state index >= 15 is 0 Å². The topological polar surface area (TPSA) is 38.0 Å². The van der Waals surface area contributed by atoms with Gasteiger partial charge < -0.3 is 0 Å². The van der Waals surface area contributed by atoms with Crippen LogP contribution in [0.3, 0.4) is 0 Å². The summed E-state index contributed by atoms with van der Waals surface area (Å²) in [7, 11) is 0. The number of Topliss-reactive ketones (excluding diaryl/α,β-unsaturated/α-hetero) is 1. The fourth-order valence-electron chi connectivity index (χ4n) is 1.00. The molecular weight excluding hydrogens is 154 g/mol. The molecule has 3 nitrogen and oxygen atoms in total. The molecular formula is C9H10NO2+.